The fourth-order valence-corrected chi connectivity index (χ4v) is 1.97. The van der Waals surface area contributed by atoms with Gasteiger partial charge in [-0.05, 0) is 23.6 Å². The molecule has 88 valence electrons. The topological polar surface area (TPSA) is 12.0 Å². The Morgan fingerprint density at radius 1 is 0.882 bits per heavy atom. The second kappa shape index (κ2) is 6.09. The number of benzene rings is 2. The zero-order valence-corrected chi connectivity index (χ0v) is 10.3. The average Bonchev–Trinajstić information content (AvgIpc) is 2.39. The monoisotopic (exact) mass is 225 g/mol. The first-order valence-corrected chi connectivity index (χ1v) is 6.26. The maximum atomic E-state index is 3.51. The largest absolute Gasteiger partial charge is 0.381 e. The van der Waals surface area contributed by atoms with E-state index >= 15 is 0 Å². The first kappa shape index (κ1) is 11.7. The van der Waals surface area contributed by atoms with E-state index in [9.17, 15) is 0 Å². The smallest absolute Gasteiger partial charge is 0.0400 e. The van der Waals surface area contributed by atoms with Crippen molar-refractivity contribution in [3.63, 3.8) is 0 Å². The molecule has 17 heavy (non-hydrogen) atoms. The summed E-state index contributed by atoms with van der Waals surface area (Å²) in [6.07, 6.45) is 2.32. The highest BCUT2D eigenvalue weighted by Crippen LogP contribution is 2.17. The molecule has 0 fully saturated rings. The average molecular weight is 225 g/mol. The second-order valence-corrected chi connectivity index (χ2v) is 4.25. The predicted octanol–water partition coefficient (Wildman–Crippen LogP) is 4.25. The maximum absolute atomic E-state index is 3.51. The van der Waals surface area contributed by atoms with E-state index in [2.05, 4.69) is 66.8 Å². The van der Waals surface area contributed by atoms with Crippen LogP contribution in [0.1, 0.15) is 24.5 Å². The van der Waals surface area contributed by atoms with Gasteiger partial charge in [-0.15, -0.1) is 0 Å². The van der Waals surface area contributed by atoms with Gasteiger partial charge in [0.1, 0.15) is 0 Å². The third-order valence-corrected chi connectivity index (χ3v) is 2.86. The van der Waals surface area contributed by atoms with Crippen LogP contribution >= 0.6 is 0 Å². The molecule has 0 bridgehead atoms. The molecule has 0 spiro atoms. The lowest BCUT2D eigenvalue weighted by molar-refractivity contribution is 0.919. The molecule has 0 atom stereocenters. The molecule has 0 aliphatic carbocycles. The van der Waals surface area contributed by atoms with Gasteiger partial charge in [0.25, 0.3) is 0 Å². The zero-order chi connectivity index (χ0) is 11.9. The molecule has 1 heteroatoms. The van der Waals surface area contributed by atoms with Crippen LogP contribution in [0.3, 0.4) is 0 Å². The van der Waals surface area contributed by atoms with Crippen molar-refractivity contribution < 1.29 is 0 Å². The molecule has 1 N–H and O–H groups in total. The molecule has 0 heterocycles. The van der Waals surface area contributed by atoms with Gasteiger partial charge in [0.2, 0.25) is 0 Å². The number of hydrogen-bond acceptors (Lipinski definition) is 1. The highest BCUT2D eigenvalue weighted by atomic mass is 14.9. The number of nitrogens with one attached hydrogen (secondary N) is 1. The lowest BCUT2D eigenvalue weighted by atomic mass is 10.1. The Hall–Kier alpha value is -1.76. The molecular weight excluding hydrogens is 206 g/mol. The van der Waals surface area contributed by atoms with Crippen molar-refractivity contribution in [1.82, 2.24) is 0 Å². The molecule has 0 saturated carbocycles. The molecule has 0 aromatic heterocycles. The molecule has 1 nitrogen and oxygen atoms in total. The summed E-state index contributed by atoms with van der Waals surface area (Å²) in [5, 5.41) is 3.51. The van der Waals surface area contributed by atoms with E-state index in [1.54, 1.807) is 0 Å². The van der Waals surface area contributed by atoms with Gasteiger partial charge in [-0.2, -0.15) is 0 Å². The number of hydrogen-bond donors (Lipinski definition) is 1. The molecule has 0 radical (unpaired) electrons. The van der Waals surface area contributed by atoms with Crippen LogP contribution in [0.2, 0.25) is 0 Å². The van der Waals surface area contributed by atoms with E-state index in [4.69, 9.17) is 0 Å². The van der Waals surface area contributed by atoms with Crippen LogP contribution < -0.4 is 5.32 Å². The highest BCUT2D eigenvalue weighted by molar-refractivity contribution is 5.51. The van der Waals surface area contributed by atoms with Crippen LogP contribution in [0.25, 0.3) is 0 Å². The molecule has 0 amide bonds. The lowest BCUT2D eigenvalue weighted by Crippen LogP contribution is -2.02. The summed E-state index contributed by atoms with van der Waals surface area (Å²) >= 11 is 0. The normalized spacial score (nSPS) is 10.2. The Balaban J connectivity index is 2.03. The Bertz CT molecular complexity index is 448. The first-order chi connectivity index (χ1) is 8.40. The SMILES string of the molecule is CCCc1ccccc1NCc1ccccc1. The van der Waals surface area contributed by atoms with Gasteiger partial charge < -0.3 is 5.32 Å². The van der Waals surface area contributed by atoms with Crippen molar-refractivity contribution in [2.24, 2.45) is 0 Å². The first-order valence-electron chi connectivity index (χ1n) is 6.26. The molecule has 0 unspecified atom stereocenters. The van der Waals surface area contributed by atoms with E-state index in [0.717, 1.165) is 13.0 Å². The van der Waals surface area contributed by atoms with Gasteiger partial charge in [-0.3, -0.25) is 0 Å². The van der Waals surface area contributed by atoms with Crippen molar-refractivity contribution in [1.29, 1.82) is 0 Å². The summed E-state index contributed by atoms with van der Waals surface area (Å²) in [6.45, 7) is 3.11. The minimum atomic E-state index is 0.890. The molecule has 2 aromatic carbocycles. The minimum absolute atomic E-state index is 0.890. The Kier molecular flexibility index (Phi) is 4.20. The van der Waals surface area contributed by atoms with Crippen LogP contribution in [0, 0.1) is 0 Å². The summed E-state index contributed by atoms with van der Waals surface area (Å²) in [5.41, 5.74) is 3.99. The van der Waals surface area contributed by atoms with Gasteiger partial charge >= 0.3 is 0 Å². The van der Waals surface area contributed by atoms with Crippen molar-refractivity contribution in [2.75, 3.05) is 5.32 Å². The summed E-state index contributed by atoms with van der Waals surface area (Å²) < 4.78 is 0. The third kappa shape index (κ3) is 3.35. The summed E-state index contributed by atoms with van der Waals surface area (Å²) in [4.78, 5) is 0. The van der Waals surface area contributed by atoms with Crippen LogP contribution in [-0.4, -0.2) is 0 Å². The van der Waals surface area contributed by atoms with Gasteiger partial charge in [0, 0.05) is 12.2 Å². The van der Waals surface area contributed by atoms with Crippen LogP contribution in [0.5, 0.6) is 0 Å². The number of rotatable bonds is 5. The molecule has 0 saturated heterocycles. The molecule has 0 aliphatic heterocycles. The quantitative estimate of drug-likeness (QED) is 0.802. The van der Waals surface area contributed by atoms with E-state index in [-0.39, 0.29) is 0 Å². The van der Waals surface area contributed by atoms with Crippen molar-refractivity contribution in [3.05, 3.63) is 65.7 Å². The number of anilines is 1. The summed E-state index contributed by atoms with van der Waals surface area (Å²) in [5.74, 6) is 0. The fourth-order valence-electron chi connectivity index (χ4n) is 1.97. The van der Waals surface area contributed by atoms with E-state index in [1.165, 1.54) is 23.2 Å². The molecule has 0 aliphatic rings. The Morgan fingerprint density at radius 3 is 2.35 bits per heavy atom. The fraction of sp³-hybridized carbons (Fsp3) is 0.250. The summed E-state index contributed by atoms with van der Waals surface area (Å²) in [6, 6.07) is 19.1. The van der Waals surface area contributed by atoms with E-state index in [1.807, 2.05) is 0 Å². The number of aryl methyl sites for hydroxylation is 1. The zero-order valence-electron chi connectivity index (χ0n) is 10.3. The third-order valence-electron chi connectivity index (χ3n) is 2.86. The predicted molar refractivity (Wildman–Crippen MR) is 74.2 cm³/mol. The Morgan fingerprint density at radius 2 is 1.59 bits per heavy atom. The van der Waals surface area contributed by atoms with Gasteiger partial charge in [0.15, 0.2) is 0 Å². The van der Waals surface area contributed by atoms with Gasteiger partial charge in [0.05, 0.1) is 0 Å². The maximum Gasteiger partial charge on any atom is 0.0400 e. The second-order valence-electron chi connectivity index (χ2n) is 4.25. The van der Waals surface area contributed by atoms with E-state index < -0.39 is 0 Å². The van der Waals surface area contributed by atoms with Crippen molar-refractivity contribution in [3.8, 4) is 0 Å². The van der Waals surface area contributed by atoms with Gasteiger partial charge in [-0.1, -0.05) is 61.9 Å². The van der Waals surface area contributed by atoms with Gasteiger partial charge in [-0.25, -0.2) is 0 Å². The van der Waals surface area contributed by atoms with Crippen LogP contribution in [0.15, 0.2) is 54.6 Å². The standard InChI is InChI=1S/C16H19N/c1-2-8-15-11-6-7-12-16(15)17-13-14-9-4-3-5-10-14/h3-7,9-12,17H,2,8,13H2,1H3. The lowest BCUT2D eigenvalue weighted by Gasteiger charge is -2.11. The van der Waals surface area contributed by atoms with Crippen molar-refractivity contribution >= 4 is 5.69 Å². The minimum Gasteiger partial charge on any atom is -0.381 e. The number of para-hydroxylation sites is 1. The van der Waals surface area contributed by atoms with Crippen LogP contribution in [0.4, 0.5) is 5.69 Å². The van der Waals surface area contributed by atoms with Crippen molar-refractivity contribution in [2.45, 2.75) is 26.3 Å². The highest BCUT2D eigenvalue weighted by Gasteiger charge is 1.99. The Labute approximate surface area is 103 Å². The van der Waals surface area contributed by atoms with E-state index in [0.29, 0.717) is 0 Å². The summed E-state index contributed by atoms with van der Waals surface area (Å²) in [7, 11) is 0. The molecule has 2 aromatic rings. The molecular formula is C16H19N. The molecule has 2 rings (SSSR count). The van der Waals surface area contributed by atoms with Crippen LogP contribution in [-0.2, 0) is 13.0 Å².